The van der Waals surface area contributed by atoms with E-state index in [9.17, 15) is 0 Å². The Morgan fingerprint density at radius 3 is 1.00 bits per heavy atom. The molecule has 0 heteroatoms. The smallest absolute Gasteiger partial charge is 0.000442 e. The predicted molar refractivity (Wildman–Crippen MR) is 158 cm³/mol. The molecule has 0 bridgehead atoms. The lowest BCUT2D eigenvalue weighted by atomic mass is 9.80. The summed E-state index contributed by atoms with van der Waals surface area (Å²) in [5.74, 6) is 0. The van der Waals surface area contributed by atoms with Gasteiger partial charge in [-0.15, -0.1) is 0 Å². The van der Waals surface area contributed by atoms with Gasteiger partial charge in [-0.05, 0) is 111 Å². The molecule has 0 spiro atoms. The molecule has 0 nitrogen and oxygen atoms in total. The number of aryl methyl sites for hydroxylation is 2. The van der Waals surface area contributed by atoms with E-state index in [4.69, 9.17) is 0 Å². The summed E-state index contributed by atoms with van der Waals surface area (Å²) < 4.78 is 0. The number of fused-ring (bicyclic) bond motifs is 6. The summed E-state index contributed by atoms with van der Waals surface area (Å²) in [5, 5.41) is 22.1. The maximum atomic E-state index is 2.34. The van der Waals surface area contributed by atoms with Crippen molar-refractivity contribution in [1.29, 1.82) is 0 Å². The van der Waals surface area contributed by atoms with E-state index < -0.39 is 0 Å². The average molecular weight is 455 g/mol. The Labute approximate surface area is 208 Å². The lowest BCUT2D eigenvalue weighted by Gasteiger charge is -2.23. The fourth-order valence-electron chi connectivity index (χ4n) is 7.35. The maximum Gasteiger partial charge on any atom is -0.000442 e. The molecular weight excluding hydrogens is 432 g/mol. The Morgan fingerprint density at radius 2 is 0.611 bits per heavy atom. The topological polar surface area (TPSA) is 0 Å². The van der Waals surface area contributed by atoms with Crippen LogP contribution in [0.3, 0.4) is 0 Å². The van der Waals surface area contributed by atoms with Crippen molar-refractivity contribution in [3.05, 3.63) is 108 Å². The first-order valence-corrected chi connectivity index (χ1v) is 12.8. The van der Waals surface area contributed by atoms with Gasteiger partial charge < -0.3 is 0 Å². The third kappa shape index (κ3) is 2.01. The molecule has 0 saturated heterocycles. The number of benzene rings is 9. The zero-order valence-electron chi connectivity index (χ0n) is 20.2. The summed E-state index contributed by atoms with van der Waals surface area (Å²) in [5.41, 5.74) is 2.70. The average Bonchev–Trinajstić information content (AvgIpc) is 2.92. The van der Waals surface area contributed by atoms with Crippen LogP contribution in [0.1, 0.15) is 11.1 Å². The molecule has 0 aliphatic rings. The molecule has 0 aliphatic heterocycles. The molecule has 0 amide bonds. The molecule has 9 rings (SSSR count). The lowest BCUT2D eigenvalue weighted by Crippen LogP contribution is -1.95. The largest absolute Gasteiger partial charge is 0.0610 e. The standard InChI is InChI=1S/C36H22/c1-19-15-17-21-7-3-9-23-25-11-5-13-27-28-14-6-12-26-24-10-4-8-22-18-16-20(2)30(32(22)24)36(34(26)28)35(33(25)27)29(19)31(21)23/h3-18H,1-2H3. The minimum atomic E-state index is 1.32. The second kappa shape index (κ2) is 6.22. The van der Waals surface area contributed by atoms with Gasteiger partial charge >= 0.3 is 0 Å². The second-order valence-corrected chi connectivity index (χ2v) is 10.5. The van der Waals surface area contributed by atoms with E-state index in [2.05, 4.69) is 111 Å². The summed E-state index contributed by atoms with van der Waals surface area (Å²) in [6.45, 7) is 4.58. The van der Waals surface area contributed by atoms with Gasteiger partial charge in [0.25, 0.3) is 0 Å². The minimum Gasteiger partial charge on any atom is -0.0610 e. The van der Waals surface area contributed by atoms with E-state index in [1.807, 2.05) is 0 Å². The van der Waals surface area contributed by atoms with Crippen LogP contribution in [0.15, 0.2) is 97.1 Å². The van der Waals surface area contributed by atoms with Gasteiger partial charge in [0, 0.05) is 0 Å². The van der Waals surface area contributed by atoms with Gasteiger partial charge in [0.15, 0.2) is 0 Å². The predicted octanol–water partition coefficient (Wildman–Crippen LogP) is 10.4. The van der Waals surface area contributed by atoms with E-state index in [-0.39, 0.29) is 0 Å². The molecule has 0 aliphatic carbocycles. The van der Waals surface area contributed by atoms with Crippen LogP contribution in [0.25, 0.3) is 86.2 Å². The van der Waals surface area contributed by atoms with Crippen molar-refractivity contribution in [2.45, 2.75) is 13.8 Å². The van der Waals surface area contributed by atoms with Crippen LogP contribution >= 0.6 is 0 Å². The zero-order chi connectivity index (χ0) is 23.7. The fourth-order valence-corrected chi connectivity index (χ4v) is 7.35. The Kier molecular flexibility index (Phi) is 3.26. The lowest BCUT2D eigenvalue weighted by molar-refractivity contribution is 1.55. The highest BCUT2D eigenvalue weighted by molar-refractivity contribution is 6.48. The highest BCUT2D eigenvalue weighted by Crippen LogP contribution is 2.51. The third-order valence-corrected chi connectivity index (χ3v) is 8.76. The molecule has 0 N–H and O–H groups in total. The van der Waals surface area contributed by atoms with Crippen LogP contribution in [0.4, 0.5) is 0 Å². The van der Waals surface area contributed by atoms with Crippen molar-refractivity contribution in [3.8, 4) is 0 Å². The first kappa shape index (κ1) is 18.9. The Hall–Kier alpha value is -4.42. The van der Waals surface area contributed by atoms with Crippen LogP contribution in [0.2, 0.25) is 0 Å². The summed E-state index contributed by atoms with van der Waals surface area (Å²) in [4.78, 5) is 0. The quantitative estimate of drug-likeness (QED) is 0.158. The van der Waals surface area contributed by atoms with Crippen molar-refractivity contribution in [3.63, 3.8) is 0 Å². The summed E-state index contributed by atoms with van der Waals surface area (Å²) >= 11 is 0. The normalized spacial score (nSPS) is 12.7. The molecule has 9 aromatic rings. The van der Waals surface area contributed by atoms with Crippen molar-refractivity contribution < 1.29 is 0 Å². The minimum absolute atomic E-state index is 1.32. The van der Waals surface area contributed by atoms with E-state index >= 15 is 0 Å². The monoisotopic (exact) mass is 454 g/mol. The van der Waals surface area contributed by atoms with Crippen molar-refractivity contribution >= 4 is 86.2 Å². The van der Waals surface area contributed by atoms with E-state index in [1.165, 1.54) is 97.3 Å². The van der Waals surface area contributed by atoms with E-state index in [1.54, 1.807) is 0 Å². The zero-order valence-corrected chi connectivity index (χ0v) is 20.2. The summed E-state index contributed by atoms with van der Waals surface area (Å²) in [6.07, 6.45) is 0. The van der Waals surface area contributed by atoms with Gasteiger partial charge in [0.2, 0.25) is 0 Å². The van der Waals surface area contributed by atoms with Gasteiger partial charge in [0.05, 0.1) is 0 Å². The first-order chi connectivity index (χ1) is 17.7. The molecule has 0 unspecified atom stereocenters. The van der Waals surface area contributed by atoms with Crippen LogP contribution in [-0.4, -0.2) is 0 Å². The summed E-state index contributed by atoms with van der Waals surface area (Å²) in [6, 6.07) is 36.6. The molecule has 166 valence electrons. The van der Waals surface area contributed by atoms with Gasteiger partial charge in [0.1, 0.15) is 0 Å². The highest BCUT2D eigenvalue weighted by Gasteiger charge is 2.23. The molecule has 0 atom stereocenters. The number of hydrogen-bond donors (Lipinski definition) is 0. The Morgan fingerprint density at radius 1 is 0.278 bits per heavy atom. The Bertz CT molecular complexity index is 2200. The van der Waals surface area contributed by atoms with Gasteiger partial charge in [-0.1, -0.05) is 97.1 Å². The van der Waals surface area contributed by atoms with Gasteiger partial charge in [-0.3, -0.25) is 0 Å². The van der Waals surface area contributed by atoms with Crippen LogP contribution in [-0.2, 0) is 0 Å². The molecule has 9 aromatic carbocycles. The van der Waals surface area contributed by atoms with Crippen molar-refractivity contribution in [2.75, 3.05) is 0 Å². The molecule has 0 aromatic heterocycles. The molecule has 0 heterocycles. The molecule has 0 fully saturated rings. The number of hydrogen-bond acceptors (Lipinski definition) is 0. The molecule has 0 saturated carbocycles. The van der Waals surface area contributed by atoms with Crippen molar-refractivity contribution in [1.82, 2.24) is 0 Å². The summed E-state index contributed by atoms with van der Waals surface area (Å²) in [7, 11) is 0. The van der Waals surface area contributed by atoms with Gasteiger partial charge in [-0.2, -0.15) is 0 Å². The van der Waals surface area contributed by atoms with Crippen LogP contribution in [0.5, 0.6) is 0 Å². The first-order valence-electron chi connectivity index (χ1n) is 12.8. The third-order valence-electron chi connectivity index (χ3n) is 8.76. The Balaban J connectivity index is 1.83. The second-order valence-electron chi connectivity index (χ2n) is 10.5. The fraction of sp³-hybridized carbons (Fsp3) is 0.0556. The SMILES string of the molecule is Cc1ccc2cccc3c4cccc5c6cccc7c8cccc9ccc(C)c(c98)c(c76)c(c1c23)c45. The van der Waals surface area contributed by atoms with Crippen LogP contribution < -0.4 is 0 Å². The molecule has 0 radical (unpaired) electrons. The number of rotatable bonds is 0. The maximum absolute atomic E-state index is 2.34. The van der Waals surface area contributed by atoms with Crippen molar-refractivity contribution in [2.24, 2.45) is 0 Å². The van der Waals surface area contributed by atoms with Gasteiger partial charge in [-0.25, -0.2) is 0 Å². The highest BCUT2D eigenvalue weighted by atomic mass is 14.2. The molecule has 36 heavy (non-hydrogen) atoms. The van der Waals surface area contributed by atoms with Crippen LogP contribution in [0, 0.1) is 13.8 Å². The van der Waals surface area contributed by atoms with E-state index in [0.29, 0.717) is 0 Å². The van der Waals surface area contributed by atoms with E-state index in [0.717, 1.165) is 0 Å². The molecular formula is C36H22.